The number of benzene rings is 1. The maximum atomic E-state index is 12.0. The van der Waals surface area contributed by atoms with E-state index in [1.807, 2.05) is 24.3 Å². The number of nitrogens with zero attached hydrogens (tertiary/aromatic N) is 1. The van der Waals surface area contributed by atoms with E-state index in [0.717, 1.165) is 6.42 Å². The molecule has 0 aliphatic heterocycles. The van der Waals surface area contributed by atoms with E-state index in [1.54, 1.807) is 13.0 Å². The van der Waals surface area contributed by atoms with E-state index in [-0.39, 0.29) is 5.91 Å². The lowest BCUT2D eigenvalue weighted by atomic mass is 10.1. The number of aromatic nitrogens is 1. The number of rotatable bonds is 5. The van der Waals surface area contributed by atoms with Gasteiger partial charge in [0.05, 0.1) is 0 Å². The first-order valence-electron chi connectivity index (χ1n) is 6.52. The quantitative estimate of drug-likeness (QED) is 0.891. The van der Waals surface area contributed by atoms with Crippen LogP contribution < -0.4 is 5.32 Å². The molecule has 100 valence electrons. The van der Waals surface area contributed by atoms with Crippen molar-refractivity contribution in [2.75, 3.05) is 5.32 Å². The van der Waals surface area contributed by atoms with E-state index < -0.39 is 0 Å². The third-order valence-electron chi connectivity index (χ3n) is 2.90. The molecule has 0 spiro atoms. The van der Waals surface area contributed by atoms with Crippen molar-refractivity contribution in [2.45, 2.75) is 33.1 Å². The number of hydrogen-bond donors (Lipinski definition) is 1. The zero-order chi connectivity index (χ0) is 13.7. The van der Waals surface area contributed by atoms with Gasteiger partial charge in [0.2, 0.25) is 0 Å². The molecule has 0 aliphatic carbocycles. The fourth-order valence-corrected chi connectivity index (χ4v) is 1.82. The molecule has 1 amide bonds. The molecule has 19 heavy (non-hydrogen) atoms. The lowest BCUT2D eigenvalue weighted by molar-refractivity contribution is 0.102. The smallest absolute Gasteiger partial charge is 0.256 e. The van der Waals surface area contributed by atoms with E-state index in [9.17, 15) is 4.79 Å². The van der Waals surface area contributed by atoms with Crippen molar-refractivity contribution in [3.8, 4) is 0 Å². The second-order valence-corrected chi connectivity index (χ2v) is 4.58. The predicted octanol–water partition coefficient (Wildman–Crippen LogP) is 3.58. The summed E-state index contributed by atoms with van der Waals surface area (Å²) in [4.78, 5) is 12.0. The minimum atomic E-state index is -0.171. The fraction of sp³-hybridized carbons (Fsp3) is 0.333. The molecule has 2 rings (SSSR count). The number of nitrogens with one attached hydrogen (secondary N) is 1. The minimum Gasteiger partial charge on any atom is -0.360 e. The van der Waals surface area contributed by atoms with Gasteiger partial charge in [0.15, 0.2) is 5.82 Å². The van der Waals surface area contributed by atoms with E-state index >= 15 is 0 Å². The molecular formula is C15H18N2O2. The maximum Gasteiger partial charge on any atom is 0.256 e. The third-order valence-corrected chi connectivity index (χ3v) is 2.90. The molecule has 1 aromatic heterocycles. The summed E-state index contributed by atoms with van der Waals surface area (Å²) < 4.78 is 4.90. The minimum absolute atomic E-state index is 0.171. The highest BCUT2D eigenvalue weighted by atomic mass is 16.5. The molecule has 0 saturated heterocycles. The van der Waals surface area contributed by atoms with Crippen LogP contribution in [0.3, 0.4) is 0 Å². The standard InChI is InChI=1S/C15H18N2O2/c1-3-4-5-12-6-8-13(9-7-12)15(18)16-14-10-11(2)19-17-14/h6-10H,3-5H2,1-2H3,(H,16,17,18). The largest absolute Gasteiger partial charge is 0.360 e. The van der Waals surface area contributed by atoms with Crippen LogP contribution in [-0.2, 0) is 6.42 Å². The number of amides is 1. The highest BCUT2D eigenvalue weighted by molar-refractivity contribution is 6.03. The molecule has 0 radical (unpaired) electrons. The summed E-state index contributed by atoms with van der Waals surface area (Å²) in [5.74, 6) is 0.943. The van der Waals surface area contributed by atoms with Crippen molar-refractivity contribution in [3.63, 3.8) is 0 Å². The number of carbonyl (C=O) groups excluding carboxylic acids is 1. The van der Waals surface area contributed by atoms with Gasteiger partial charge in [-0.2, -0.15) is 0 Å². The predicted molar refractivity (Wildman–Crippen MR) is 74.2 cm³/mol. The van der Waals surface area contributed by atoms with Crippen LogP contribution in [0.4, 0.5) is 5.82 Å². The van der Waals surface area contributed by atoms with Crippen LogP contribution in [0.1, 0.15) is 41.4 Å². The zero-order valence-electron chi connectivity index (χ0n) is 11.3. The molecule has 0 bridgehead atoms. The Bertz CT molecular complexity index is 544. The molecule has 0 saturated carbocycles. The zero-order valence-corrected chi connectivity index (χ0v) is 11.3. The van der Waals surface area contributed by atoms with Crippen molar-refractivity contribution < 1.29 is 9.32 Å². The second-order valence-electron chi connectivity index (χ2n) is 4.58. The first kappa shape index (κ1) is 13.3. The maximum absolute atomic E-state index is 12.0. The van der Waals surface area contributed by atoms with Crippen LogP contribution in [-0.4, -0.2) is 11.1 Å². The molecular weight excluding hydrogens is 240 g/mol. The summed E-state index contributed by atoms with van der Waals surface area (Å²) in [5.41, 5.74) is 1.89. The number of aryl methyl sites for hydroxylation is 2. The Morgan fingerprint density at radius 2 is 2.05 bits per heavy atom. The monoisotopic (exact) mass is 258 g/mol. The van der Waals surface area contributed by atoms with Crippen molar-refractivity contribution >= 4 is 11.7 Å². The molecule has 1 N–H and O–H groups in total. The summed E-state index contributed by atoms with van der Waals surface area (Å²) >= 11 is 0. The molecule has 0 unspecified atom stereocenters. The van der Waals surface area contributed by atoms with Gasteiger partial charge >= 0.3 is 0 Å². The van der Waals surface area contributed by atoms with Crippen LogP contribution in [0.5, 0.6) is 0 Å². The van der Waals surface area contributed by atoms with Crippen molar-refractivity contribution in [3.05, 3.63) is 47.2 Å². The first-order valence-corrected chi connectivity index (χ1v) is 6.52. The highest BCUT2D eigenvalue weighted by Crippen LogP contribution is 2.11. The number of hydrogen-bond acceptors (Lipinski definition) is 3. The Kier molecular flexibility index (Phi) is 4.34. The number of anilines is 1. The normalized spacial score (nSPS) is 10.4. The Morgan fingerprint density at radius 3 is 2.63 bits per heavy atom. The van der Waals surface area contributed by atoms with Gasteiger partial charge in [-0.15, -0.1) is 0 Å². The van der Waals surface area contributed by atoms with Crippen molar-refractivity contribution in [2.24, 2.45) is 0 Å². The van der Waals surface area contributed by atoms with Gasteiger partial charge in [0, 0.05) is 11.6 Å². The van der Waals surface area contributed by atoms with Crippen LogP contribution >= 0.6 is 0 Å². The molecule has 1 aromatic carbocycles. The van der Waals surface area contributed by atoms with Crippen LogP contribution in [0, 0.1) is 6.92 Å². The van der Waals surface area contributed by atoms with Gasteiger partial charge < -0.3 is 9.84 Å². The number of carbonyl (C=O) groups is 1. The number of unbranched alkanes of at least 4 members (excludes halogenated alkanes) is 1. The second kappa shape index (κ2) is 6.18. The molecule has 0 fully saturated rings. The van der Waals surface area contributed by atoms with Gasteiger partial charge in [-0.3, -0.25) is 4.79 Å². The summed E-state index contributed by atoms with van der Waals surface area (Å²) in [7, 11) is 0. The van der Waals surface area contributed by atoms with E-state index in [0.29, 0.717) is 17.1 Å². The lowest BCUT2D eigenvalue weighted by Gasteiger charge is -2.03. The molecule has 0 atom stereocenters. The van der Waals surface area contributed by atoms with E-state index in [2.05, 4.69) is 17.4 Å². The Morgan fingerprint density at radius 1 is 1.32 bits per heavy atom. The first-order chi connectivity index (χ1) is 9.19. The fourth-order valence-electron chi connectivity index (χ4n) is 1.82. The summed E-state index contributed by atoms with van der Waals surface area (Å²) in [5, 5.41) is 6.43. The molecule has 0 aliphatic rings. The average Bonchev–Trinajstić information content (AvgIpc) is 2.82. The lowest BCUT2D eigenvalue weighted by Crippen LogP contribution is -2.11. The topological polar surface area (TPSA) is 55.1 Å². The molecule has 4 heteroatoms. The SMILES string of the molecule is CCCCc1ccc(C(=O)Nc2cc(C)on2)cc1. The summed E-state index contributed by atoms with van der Waals surface area (Å²) in [6.07, 6.45) is 3.40. The molecule has 1 heterocycles. The third kappa shape index (κ3) is 3.68. The van der Waals surface area contributed by atoms with Crippen LogP contribution in [0.2, 0.25) is 0 Å². The van der Waals surface area contributed by atoms with Crippen LogP contribution in [0.15, 0.2) is 34.9 Å². The Hall–Kier alpha value is -2.10. The van der Waals surface area contributed by atoms with Crippen molar-refractivity contribution in [1.82, 2.24) is 5.16 Å². The van der Waals surface area contributed by atoms with Gasteiger partial charge in [-0.25, -0.2) is 0 Å². The van der Waals surface area contributed by atoms with Gasteiger partial charge in [-0.05, 0) is 37.5 Å². The van der Waals surface area contributed by atoms with Gasteiger partial charge in [0.1, 0.15) is 5.76 Å². The van der Waals surface area contributed by atoms with E-state index in [4.69, 9.17) is 4.52 Å². The summed E-state index contributed by atoms with van der Waals surface area (Å²) in [6, 6.07) is 9.37. The van der Waals surface area contributed by atoms with E-state index in [1.165, 1.54) is 18.4 Å². The molecule has 4 nitrogen and oxygen atoms in total. The van der Waals surface area contributed by atoms with Crippen LogP contribution in [0.25, 0.3) is 0 Å². The Balaban J connectivity index is 1.99. The average molecular weight is 258 g/mol. The Labute approximate surface area is 112 Å². The van der Waals surface area contributed by atoms with Gasteiger partial charge in [-0.1, -0.05) is 30.6 Å². The molecule has 2 aromatic rings. The highest BCUT2D eigenvalue weighted by Gasteiger charge is 2.08. The van der Waals surface area contributed by atoms with Gasteiger partial charge in [0.25, 0.3) is 5.91 Å². The van der Waals surface area contributed by atoms with Crippen molar-refractivity contribution in [1.29, 1.82) is 0 Å². The summed E-state index contributed by atoms with van der Waals surface area (Å²) in [6.45, 7) is 3.95.